The van der Waals surface area contributed by atoms with Crippen LogP contribution in [-0.4, -0.2) is 27.5 Å². The summed E-state index contributed by atoms with van der Waals surface area (Å²) >= 11 is 1.69. The number of carbonyl (C=O) groups is 1. The lowest BCUT2D eigenvalue weighted by Crippen LogP contribution is -2.38. The van der Waals surface area contributed by atoms with Gasteiger partial charge < -0.3 is 9.52 Å². The summed E-state index contributed by atoms with van der Waals surface area (Å²) in [6, 6.07) is 1.12. The van der Waals surface area contributed by atoms with E-state index in [1.54, 1.807) is 23.7 Å². The summed E-state index contributed by atoms with van der Waals surface area (Å²) in [5.74, 6) is -0.0453. The highest BCUT2D eigenvalue weighted by molar-refractivity contribution is 7.11. The molecule has 3 heterocycles. The molecule has 1 aliphatic rings. The number of carboxylic acid groups (broad SMARTS) is 1. The molecule has 2 aromatic heterocycles. The predicted molar refractivity (Wildman–Crippen MR) is 88.7 cm³/mol. The number of thiazole rings is 1. The summed E-state index contributed by atoms with van der Waals surface area (Å²) in [4.78, 5) is 19.7. The zero-order valence-corrected chi connectivity index (χ0v) is 14.7. The van der Waals surface area contributed by atoms with Gasteiger partial charge in [0.2, 0.25) is 0 Å². The third kappa shape index (κ3) is 3.05. The SMILES string of the molecule is Cc1nc(CN2CCc3occc3C2C(=O)O)sc1C(C)(C)C. The standard InChI is InChI=1S/C17H22N2O3S/c1-10-15(17(2,3)4)23-13(18-10)9-19-7-5-12-11(6-8-22-12)14(19)16(20)21/h6,8,14H,5,7,9H2,1-4H3,(H,20,21). The van der Waals surface area contributed by atoms with E-state index in [-0.39, 0.29) is 5.41 Å². The Balaban J connectivity index is 1.87. The van der Waals surface area contributed by atoms with Gasteiger partial charge in [0.1, 0.15) is 16.8 Å². The maximum atomic E-state index is 11.7. The van der Waals surface area contributed by atoms with E-state index < -0.39 is 12.0 Å². The van der Waals surface area contributed by atoms with Gasteiger partial charge in [-0.2, -0.15) is 0 Å². The minimum Gasteiger partial charge on any atom is -0.480 e. The first kappa shape index (κ1) is 16.2. The van der Waals surface area contributed by atoms with Crippen molar-refractivity contribution in [2.24, 2.45) is 0 Å². The summed E-state index contributed by atoms with van der Waals surface area (Å²) in [7, 11) is 0. The Morgan fingerprint density at radius 2 is 2.26 bits per heavy atom. The average molecular weight is 334 g/mol. The van der Waals surface area contributed by atoms with Crippen LogP contribution in [0.15, 0.2) is 16.7 Å². The second-order valence-electron chi connectivity index (χ2n) is 7.03. The molecule has 1 N–H and O–H groups in total. The van der Waals surface area contributed by atoms with Crippen LogP contribution in [0.5, 0.6) is 0 Å². The molecule has 0 radical (unpaired) electrons. The van der Waals surface area contributed by atoms with Crippen molar-refractivity contribution >= 4 is 17.3 Å². The number of nitrogens with zero attached hydrogens (tertiary/aromatic N) is 2. The van der Waals surface area contributed by atoms with Gasteiger partial charge in [0.15, 0.2) is 0 Å². The molecule has 1 unspecified atom stereocenters. The van der Waals surface area contributed by atoms with Crippen molar-refractivity contribution in [2.45, 2.75) is 52.1 Å². The maximum Gasteiger partial charge on any atom is 0.325 e. The Labute approximate surface area is 140 Å². The molecule has 124 valence electrons. The van der Waals surface area contributed by atoms with Crippen LogP contribution < -0.4 is 0 Å². The monoisotopic (exact) mass is 334 g/mol. The number of aromatic nitrogens is 1. The molecule has 2 aromatic rings. The van der Waals surface area contributed by atoms with Crippen LogP contribution in [0.4, 0.5) is 0 Å². The molecule has 6 heteroatoms. The first-order valence-corrected chi connectivity index (χ1v) is 8.59. The number of fused-ring (bicyclic) bond motifs is 1. The van der Waals surface area contributed by atoms with Gasteiger partial charge in [0, 0.05) is 23.4 Å². The molecule has 1 aliphatic heterocycles. The molecule has 0 saturated carbocycles. The molecule has 0 amide bonds. The molecule has 0 aliphatic carbocycles. The summed E-state index contributed by atoms with van der Waals surface area (Å²) in [6.07, 6.45) is 2.32. The third-order valence-electron chi connectivity index (χ3n) is 4.16. The Morgan fingerprint density at radius 3 is 2.87 bits per heavy atom. The van der Waals surface area contributed by atoms with Crippen LogP contribution in [0.3, 0.4) is 0 Å². The van der Waals surface area contributed by atoms with Crippen molar-refractivity contribution in [3.05, 3.63) is 39.2 Å². The lowest BCUT2D eigenvalue weighted by Gasteiger charge is -2.31. The summed E-state index contributed by atoms with van der Waals surface area (Å²) < 4.78 is 5.40. The maximum absolute atomic E-state index is 11.7. The first-order chi connectivity index (χ1) is 10.8. The van der Waals surface area contributed by atoms with Gasteiger partial charge in [-0.3, -0.25) is 9.69 Å². The van der Waals surface area contributed by atoms with Crippen LogP contribution in [0, 0.1) is 6.92 Å². The van der Waals surface area contributed by atoms with Crippen LogP contribution in [-0.2, 0) is 23.2 Å². The normalized spacial score (nSPS) is 18.9. The largest absolute Gasteiger partial charge is 0.480 e. The molecule has 0 aromatic carbocycles. The number of rotatable bonds is 3. The smallest absolute Gasteiger partial charge is 0.325 e. The van der Waals surface area contributed by atoms with Crippen LogP contribution in [0.25, 0.3) is 0 Å². The van der Waals surface area contributed by atoms with E-state index in [1.807, 2.05) is 11.8 Å². The third-order valence-corrected chi connectivity index (χ3v) is 5.73. The zero-order chi connectivity index (χ0) is 16.8. The van der Waals surface area contributed by atoms with Gasteiger partial charge in [0.25, 0.3) is 0 Å². The molecular weight excluding hydrogens is 312 g/mol. The number of hydrogen-bond donors (Lipinski definition) is 1. The second-order valence-corrected chi connectivity index (χ2v) is 8.12. The molecule has 0 saturated heterocycles. The van der Waals surface area contributed by atoms with Crippen molar-refractivity contribution in [3.63, 3.8) is 0 Å². The van der Waals surface area contributed by atoms with Crippen LogP contribution in [0.1, 0.15) is 53.7 Å². The lowest BCUT2D eigenvalue weighted by molar-refractivity contribution is -0.144. The van der Waals surface area contributed by atoms with Crippen LogP contribution in [0.2, 0.25) is 0 Å². The van der Waals surface area contributed by atoms with E-state index in [2.05, 4.69) is 25.8 Å². The predicted octanol–water partition coefficient (Wildman–Crippen LogP) is 3.53. The minimum atomic E-state index is -0.836. The quantitative estimate of drug-likeness (QED) is 0.930. The molecule has 23 heavy (non-hydrogen) atoms. The van der Waals surface area contributed by atoms with E-state index in [9.17, 15) is 9.90 Å². The zero-order valence-electron chi connectivity index (χ0n) is 13.9. The molecule has 0 bridgehead atoms. The van der Waals surface area contributed by atoms with Crippen molar-refractivity contribution in [3.8, 4) is 0 Å². The van der Waals surface area contributed by atoms with Gasteiger partial charge in [-0.05, 0) is 18.4 Å². The number of aliphatic carboxylic acids is 1. The number of hydrogen-bond acceptors (Lipinski definition) is 5. The lowest BCUT2D eigenvalue weighted by atomic mass is 9.93. The van der Waals surface area contributed by atoms with E-state index in [4.69, 9.17) is 4.42 Å². The van der Waals surface area contributed by atoms with Crippen molar-refractivity contribution in [2.75, 3.05) is 6.54 Å². The van der Waals surface area contributed by atoms with Gasteiger partial charge in [0.05, 0.1) is 18.5 Å². The Hall–Kier alpha value is -1.66. The van der Waals surface area contributed by atoms with Gasteiger partial charge in [-0.25, -0.2) is 4.98 Å². The molecule has 0 fully saturated rings. The van der Waals surface area contributed by atoms with E-state index in [1.165, 1.54) is 4.88 Å². The fourth-order valence-corrected chi connectivity index (χ4v) is 4.37. The van der Waals surface area contributed by atoms with E-state index in [0.29, 0.717) is 13.1 Å². The van der Waals surface area contributed by atoms with E-state index in [0.717, 1.165) is 28.4 Å². The summed E-state index contributed by atoms with van der Waals surface area (Å²) in [5.41, 5.74) is 1.88. The first-order valence-electron chi connectivity index (χ1n) is 7.77. The van der Waals surface area contributed by atoms with Crippen molar-refractivity contribution in [1.29, 1.82) is 0 Å². The van der Waals surface area contributed by atoms with Crippen LogP contribution >= 0.6 is 11.3 Å². The Morgan fingerprint density at radius 1 is 1.52 bits per heavy atom. The molecule has 0 spiro atoms. The summed E-state index contributed by atoms with van der Waals surface area (Å²) in [6.45, 7) is 9.78. The second kappa shape index (κ2) is 5.76. The van der Waals surface area contributed by atoms with Crippen molar-refractivity contribution in [1.82, 2.24) is 9.88 Å². The number of aryl methyl sites for hydroxylation is 1. The van der Waals surface area contributed by atoms with E-state index >= 15 is 0 Å². The highest BCUT2D eigenvalue weighted by atomic mass is 32.1. The minimum absolute atomic E-state index is 0.0613. The molecule has 5 nitrogen and oxygen atoms in total. The summed E-state index contributed by atoms with van der Waals surface area (Å²) in [5, 5.41) is 10.6. The van der Waals surface area contributed by atoms with Gasteiger partial charge >= 0.3 is 5.97 Å². The van der Waals surface area contributed by atoms with Gasteiger partial charge in [-0.1, -0.05) is 20.8 Å². The van der Waals surface area contributed by atoms with Crippen molar-refractivity contribution < 1.29 is 14.3 Å². The molecule has 3 rings (SSSR count). The fraction of sp³-hybridized carbons (Fsp3) is 0.529. The molecular formula is C17H22N2O3S. The molecule has 1 atom stereocenters. The number of carboxylic acids is 1. The topological polar surface area (TPSA) is 66.6 Å². The highest BCUT2D eigenvalue weighted by Crippen LogP contribution is 2.35. The number of furan rings is 1. The average Bonchev–Trinajstić information content (AvgIpc) is 3.03. The Bertz CT molecular complexity index is 727. The fourth-order valence-electron chi connectivity index (χ4n) is 3.22. The highest BCUT2D eigenvalue weighted by Gasteiger charge is 2.35. The van der Waals surface area contributed by atoms with Gasteiger partial charge in [-0.15, -0.1) is 11.3 Å². The Kier molecular flexibility index (Phi) is 4.06.